The normalized spacial score (nSPS) is 10.7. The molecule has 2 rings (SSSR count). The largest absolute Gasteiger partial charge is 0.507 e. The SMILES string of the molecule is Cl.NC(N)=N/N=C(/c1cc(Cl)ccc1O)c1ncccc1Cl. The van der Waals surface area contributed by atoms with Gasteiger partial charge in [0, 0.05) is 16.8 Å². The maximum Gasteiger partial charge on any atom is 0.211 e. The summed E-state index contributed by atoms with van der Waals surface area (Å²) in [6.07, 6.45) is 1.54. The highest BCUT2D eigenvalue weighted by atomic mass is 35.5. The van der Waals surface area contributed by atoms with Gasteiger partial charge in [-0.1, -0.05) is 23.2 Å². The first-order valence-corrected chi connectivity index (χ1v) is 6.51. The second kappa shape index (κ2) is 7.84. The number of rotatable bonds is 3. The Morgan fingerprint density at radius 2 is 1.86 bits per heavy atom. The van der Waals surface area contributed by atoms with Crippen molar-refractivity contribution >= 4 is 47.3 Å². The molecule has 0 spiro atoms. The molecule has 1 aromatic carbocycles. The van der Waals surface area contributed by atoms with Crippen molar-refractivity contribution in [2.24, 2.45) is 21.7 Å². The first kappa shape index (κ1) is 18.0. The van der Waals surface area contributed by atoms with Gasteiger partial charge in [-0.15, -0.1) is 22.6 Å². The van der Waals surface area contributed by atoms with Crippen LogP contribution in [-0.2, 0) is 0 Å². The van der Waals surface area contributed by atoms with E-state index in [1.807, 2.05) is 0 Å². The molecule has 0 aliphatic carbocycles. The van der Waals surface area contributed by atoms with E-state index in [-0.39, 0.29) is 29.8 Å². The number of aromatic hydroxyl groups is 1. The Morgan fingerprint density at radius 3 is 2.50 bits per heavy atom. The number of benzene rings is 1. The van der Waals surface area contributed by atoms with Gasteiger partial charge in [0.15, 0.2) is 0 Å². The highest BCUT2D eigenvalue weighted by Gasteiger charge is 2.16. The molecule has 0 amide bonds. The number of pyridine rings is 1. The molecular weight excluding hydrogens is 349 g/mol. The summed E-state index contributed by atoms with van der Waals surface area (Å²) in [7, 11) is 0. The molecule has 116 valence electrons. The quantitative estimate of drug-likeness (QED) is 0.444. The average molecular weight is 361 g/mol. The zero-order valence-corrected chi connectivity index (χ0v) is 13.4. The van der Waals surface area contributed by atoms with E-state index in [1.165, 1.54) is 18.3 Å². The molecule has 6 nitrogen and oxygen atoms in total. The number of phenolic OH excluding ortho intramolecular Hbond substituents is 1. The van der Waals surface area contributed by atoms with Gasteiger partial charge >= 0.3 is 0 Å². The lowest BCUT2D eigenvalue weighted by molar-refractivity contribution is 0.474. The molecule has 22 heavy (non-hydrogen) atoms. The average Bonchev–Trinajstić information content (AvgIpc) is 2.44. The lowest BCUT2D eigenvalue weighted by Crippen LogP contribution is -2.22. The Hall–Kier alpha value is -2.02. The molecule has 0 unspecified atom stereocenters. The molecule has 0 radical (unpaired) electrons. The summed E-state index contributed by atoms with van der Waals surface area (Å²) in [5.74, 6) is -0.285. The van der Waals surface area contributed by atoms with Gasteiger partial charge in [-0.3, -0.25) is 4.98 Å². The number of nitrogens with zero attached hydrogens (tertiary/aromatic N) is 3. The minimum absolute atomic E-state index is 0. The number of hydrogen-bond acceptors (Lipinski definition) is 4. The van der Waals surface area contributed by atoms with Gasteiger partial charge in [0.05, 0.1) is 5.02 Å². The van der Waals surface area contributed by atoms with Crippen molar-refractivity contribution in [2.75, 3.05) is 0 Å². The molecule has 5 N–H and O–H groups in total. The van der Waals surface area contributed by atoms with Crippen LogP contribution in [0.4, 0.5) is 0 Å². The van der Waals surface area contributed by atoms with Crippen molar-refractivity contribution in [1.29, 1.82) is 0 Å². The summed E-state index contributed by atoms with van der Waals surface area (Å²) in [5.41, 5.74) is 11.4. The Bertz CT molecular complexity index is 729. The van der Waals surface area contributed by atoms with Gasteiger partial charge < -0.3 is 16.6 Å². The zero-order chi connectivity index (χ0) is 15.4. The predicted molar refractivity (Wildman–Crippen MR) is 91.1 cm³/mol. The maximum absolute atomic E-state index is 10.0. The second-order valence-corrected chi connectivity index (χ2v) is 4.81. The van der Waals surface area contributed by atoms with Gasteiger partial charge in [0.25, 0.3) is 0 Å². The summed E-state index contributed by atoms with van der Waals surface area (Å²) in [4.78, 5) is 4.14. The summed E-state index contributed by atoms with van der Waals surface area (Å²) >= 11 is 12.1. The molecule has 1 aromatic heterocycles. The zero-order valence-electron chi connectivity index (χ0n) is 11.1. The van der Waals surface area contributed by atoms with Crippen LogP contribution >= 0.6 is 35.6 Å². The van der Waals surface area contributed by atoms with Gasteiger partial charge in [0.2, 0.25) is 5.96 Å². The lowest BCUT2D eigenvalue weighted by atomic mass is 10.1. The minimum Gasteiger partial charge on any atom is -0.507 e. The molecule has 0 atom stereocenters. The third-order valence-corrected chi connectivity index (χ3v) is 3.00. The first-order chi connectivity index (χ1) is 9.99. The molecule has 0 aliphatic heterocycles. The molecule has 9 heteroatoms. The third kappa shape index (κ3) is 4.24. The number of hydrogen-bond donors (Lipinski definition) is 3. The number of aromatic nitrogens is 1. The van der Waals surface area contributed by atoms with Gasteiger partial charge in [-0.25, -0.2) is 0 Å². The minimum atomic E-state index is -0.235. The van der Waals surface area contributed by atoms with Crippen LogP contribution in [0.3, 0.4) is 0 Å². The highest BCUT2D eigenvalue weighted by Crippen LogP contribution is 2.26. The smallest absolute Gasteiger partial charge is 0.211 e. The molecule has 0 bridgehead atoms. The Kier molecular flexibility index (Phi) is 6.42. The van der Waals surface area contributed by atoms with Crippen LogP contribution in [-0.4, -0.2) is 21.8 Å². The lowest BCUT2D eigenvalue weighted by Gasteiger charge is -2.09. The third-order valence-electron chi connectivity index (χ3n) is 2.46. The first-order valence-electron chi connectivity index (χ1n) is 5.75. The van der Waals surface area contributed by atoms with Crippen molar-refractivity contribution in [2.45, 2.75) is 0 Å². The Morgan fingerprint density at radius 1 is 1.14 bits per heavy atom. The molecule has 0 saturated carbocycles. The molecule has 2 aromatic rings. The van der Waals surface area contributed by atoms with Crippen molar-refractivity contribution in [3.63, 3.8) is 0 Å². The Labute approximate surface area is 142 Å². The van der Waals surface area contributed by atoms with Crippen molar-refractivity contribution in [1.82, 2.24) is 4.98 Å². The second-order valence-electron chi connectivity index (χ2n) is 3.97. The molecule has 0 fully saturated rings. The Balaban J connectivity index is 0.00000242. The van der Waals surface area contributed by atoms with E-state index in [1.54, 1.807) is 18.2 Å². The van der Waals surface area contributed by atoms with Crippen LogP contribution in [0.15, 0.2) is 46.7 Å². The van der Waals surface area contributed by atoms with Gasteiger partial charge in [0.1, 0.15) is 17.2 Å². The fraction of sp³-hybridized carbons (Fsp3) is 0. The monoisotopic (exact) mass is 359 g/mol. The van der Waals surface area contributed by atoms with Crippen LogP contribution in [0.1, 0.15) is 11.3 Å². The van der Waals surface area contributed by atoms with E-state index in [4.69, 9.17) is 34.7 Å². The number of halogens is 3. The van der Waals surface area contributed by atoms with Crippen LogP contribution in [0.2, 0.25) is 10.0 Å². The van der Waals surface area contributed by atoms with E-state index in [2.05, 4.69) is 15.2 Å². The summed E-state index contributed by atoms with van der Waals surface area (Å²) in [6, 6.07) is 7.79. The predicted octanol–water partition coefficient (Wildman–Crippen LogP) is 2.54. The number of guanidine groups is 1. The fourth-order valence-electron chi connectivity index (χ4n) is 1.59. The van der Waals surface area contributed by atoms with Crippen LogP contribution in [0.5, 0.6) is 5.75 Å². The summed E-state index contributed by atoms with van der Waals surface area (Å²) < 4.78 is 0. The van der Waals surface area contributed by atoms with E-state index < -0.39 is 0 Å². The van der Waals surface area contributed by atoms with E-state index in [0.717, 1.165) is 0 Å². The number of nitrogens with two attached hydrogens (primary N) is 2. The standard InChI is InChI=1S/C13H11Cl2N5O.ClH/c14-7-3-4-10(21)8(6-7)11(19-20-13(16)17)12-9(15)2-1-5-18-12;/h1-6,21H,(H4,16,17,20);1H/b19-11-;. The van der Waals surface area contributed by atoms with Gasteiger partial charge in [-0.2, -0.15) is 0 Å². The van der Waals surface area contributed by atoms with Crippen molar-refractivity contribution in [3.05, 3.63) is 57.8 Å². The van der Waals surface area contributed by atoms with Gasteiger partial charge in [-0.05, 0) is 30.3 Å². The van der Waals surface area contributed by atoms with E-state index in [0.29, 0.717) is 21.3 Å². The van der Waals surface area contributed by atoms with E-state index in [9.17, 15) is 5.11 Å². The van der Waals surface area contributed by atoms with E-state index >= 15 is 0 Å². The maximum atomic E-state index is 10.0. The summed E-state index contributed by atoms with van der Waals surface area (Å²) in [6.45, 7) is 0. The number of phenols is 1. The topological polar surface area (TPSA) is 110 Å². The highest BCUT2D eigenvalue weighted by molar-refractivity contribution is 6.35. The van der Waals surface area contributed by atoms with Crippen molar-refractivity contribution in [3.8, 4) is 5.75 Å². The van der Waals surface area contributed by atoms with Crippen LogP contribution in [0, 0.1) is 0 Å². The molecule has 0 saturated heterocycles. The summed E-state index contributed by atoms with van der Waals surface area (Å²) in [5, 5.41) is 18.3. The van der Waals surface area contributed by atoms with Crippen LogP contribution in [0.25, 0.3) is 0 Å². The fourth-order valence-corrected chi connectivity index (χ4v) is 1.98. The molecule has 1 heterocycles. The molecule has 0 aliphatic rings. The van der Waals surface area contributed by atoms with Crippen molar-refractivity contribution < 1.29 is 5.11 Å². The van der Waals surface area contributed by atoms with Crippen LogP contribution < -0.4 is 11.5 Å². The molecular formula is C13H12Cl3N5O.